The van der Waals surface area contributed by atoms with Crippen molar-refractivity contribution in [2.45, 2.75) is 64.1 Å². The van der Waals surface area contributed by atoms with Gasteiger partial charge in [-0.1, -0.05) is 77.9 Å². The van der Waals surface area contributed by atoms with E-state index in [0.717, 1.165) is 26.6 Å². The molecule has 0 fully saturated rings. The Kier molecular flexibility index (Phi) is 11.5. The number of nitrogens with zero attached hydrogens (tertiary/aromatic N) is 2. The number of sulfonamides is 1. The van der Waals surface area contributed by atoms with Gasteiger partial charge in [-0.15, -0.1) is 0 Å². The quantitative estimate of drug-likeness (QED) is 0.185. The first kappa shape index (κ1) is 36.0. The minimum atomic E-state index is -4.32. The van der Waals surface area contributed by atoms with Crippen LogP contribution in [-0.4, -0.2) is 57.5 Å². The highest BCUT2D eigenvalue weighted by molar-refractivity contribution is 7.92. The van der Waals surface area contributed by atoms with Gasteiger partial charge in [0, 0.05) is 24.6 Å². The second kappa shape index (κ2) is 15.4. The average Bonchev–Trinajstić information content (AvgIpc) is 3.05. The summed E-state index contributed by atoms with van der Waals surface area (Å²) in [6.07, 6.45) is 0.229. The van der Waals surface area contributed by atoms with Crippen molar-refractivity contribution in [1.82, 2.24) is 10.2 Å². The molecule has 0 aliphatic rings. The van der Waals surface area contributed by atoms with E-state index in [9.17, 15) is 18.0 Å². The molecule has 2 amide bonds. The average molecular weight is 672 g/mol. The maximum absolute atomic E-state index is 14.7. The molecule has 0 heterocycles. The lowest BCUT2D eigenvalue weighted by molar-refractivity contribution is -0.140. The highest BCUT2D eigenvalue weighted by Gasteiger charge is 2.36. The number of rotatable bonds is 13. The van der Waals surface area contributed by atoms with Gasteiger partial charge < -0.3 is 19.7 Å². The molecule has 1 N–H and O–H groups in total. The van der Waals surface area contributed by atoms with Crippen LogP contribution in [0.25, 0.3) is 0 Å². The van der Waals surface area contributed by atoms with Crippen molar-refractivity contribution in [2.75, 3.05) is 25.1 Å². The van der Waals surface area contributed by atoms with Crippen molar-refractivity contribution >= 4 is 27.5 Å². The fourth-order valence-electron chi connectivity index (χ4n) is 5.24. The number of hydrogen-bond acceptors (Lipinski definition) is 6. The zero-order chi connectivity index (χ0) is 35.1. The number of benzene rings is 4. The summed E-state index contributed by atoms with van der Waals surface area (Å²) in [5, 5.41) is 3.05. The lowest BCUT2D eigenvalue weighted by Crippen LogP contribution is -2.56. The van der Waals surface area contributed by atoms with Gasteiger partial charge in [-0.2, -0.15) is 0 Å². The number of nitrogens with one attached hydrogen (secondary N) is 1. The van der Waals surface area contributed by atoms with Gasteiger partial charge >= 0.3 is 0 Å². The van der Waals surface area contributed by atoms with E-state index < -0.39 is 34.1 Å². The first-order chi connectivity index (χ1) is 22.7. The highest BCUT2D eigenvalue weighted by atomic mass is 32.2. The summed E-state index contributed by atoms with van der Waals surface area (Å²) in [5.74, 6) is -0.273. The maximum Gasteiger partial charge on any atom is 0.264 e. The van der Waals surface area contributed by atoms with E-state index in [4.69, 9.17) is 9.47 Å². The van der Waals surface area contributed by atoms with Gasteiger partial charge in [0.25, 0.3) is 10.0 Å². The Morgan fingerprint density at radius 3 is 1.92 bits per heavy atom. The van der Waals surface area contributed by atoms with Crippen molar-refractivity contribution in [3.8, 4) is 11.5 Å². The van der Waals surface area contributed by atoms with Crippen molar-refractivity contribution in [3.05, 3.63) is 119 Å². The smallest absolute Gasteiger partial charge is 0.264 e. The summed E-state index contributed by atoms with van der Waals surface area (Å²) in [6.45, 7) is 9.04. The SMILES string of the molecule is COc1ccc(S(=O)(=O)N(CC(=O)N(Cc2ccc(C)cc2)C(Cc2ccccc2)C(=O)NC(C)(C)C)c2ccc(C)cc2)cc1OC. The van der Waals surface area contributed by atoms with Crippen LogP contribution in [0.4, 0.5) is 5.69 Å². The standard InChI is InChI=1S/C38H45N3O6S/c1-27-13-17-30(18-14-27)25-40(33(37(43)39-38(3,4)5)23-29-11-9-8-10-12-29)36(42)26-41(31-19-15-28(2)16-20-31)48(44,45)32-21-22-34(46-6)35(24-32)47-7/h8-22,24,33H,23,25-26H2,1-7H3,(H,39,43). The van der Waals surface area contributed by atoms with E-state index >= 15 is 0 Å². The van der Waals surface area contributed by atoms with E-state index in [2.05, 4.69) is 5.32 Å². The van der Waals surface area contributed by atoms with Crippen LogP contribution in [-0.2, 0) is 32.6 Å². The maximum atomic E-state index is 14.7. The summed E-state index contributed by atoms with van der Waals surface area (Å²) in [5.41, 5.74) is 3.38. The molecule has 0 aliphatic carbocycles. The largest absolute Gasteiger partial charge is 0.493 e. The third kappa shape index (κ3) is 9.16. The molecule has 0 bridgehead atoms. The van der Waals surface area contributed by atoms with Gasteiger partial charge in [-0.05, 0) is 70.0 Å². The van der Waals surface area contributed by atoms with Crippen molar-refractivity contribution < 1.29 is 27.5 Å². The van der Waals surface area contributed by atoms with E-state index in [1.807, 2.05) is 89.2 Å². The van der Waals surface area contributed by atoms with Crippen LogP contribution < -0.4 is 19.1 Å². The van der Waals surface area contributed by atoms with Crippen LogP contribution >= 0.6 is 0 Å². The molecule has 4 aromatic rings. The van der Waals surface area contributed by atoms with E-state index in [1.54, 1.807) is 24.3 Å². The molecule has 0 radical (unpaired) electrons. The van der Waals surface area contributed by atoms with Crippen molar-refractivity contribution in [2.24, 2.45) is 0 Å². The Hall–Kier alpha value is -4.83. The minimum Gasteiger partial charge on any atom is -0.493 e. The second-order valence-corrected chi connectivity index (χ2v) is 14.7. The Morgan fingerprint density at radius 2 is 1.35 bits per heavy atom. The summed E-state index contributed by atoms with van der Waals surface area (Å²) >= 11 is 0. The molecule has 9 nitrogen and oxygen atoms in total. The second-order valence-electron chi connectivity index (χ2n) is 12.8. The highest BCUT2D eigenvalue weighted by Crippen LogP contribution is 2.32. The lowest BCUT2D eigenvalue weighted by atomic mass is 10.0. The molecule has 48 heavy (non-hydrogen) atoms. The lowest BCUT2D eigenvalue weighted by Gasteiger charge is -2.35. The molecule has 254 valence electrons. The molecule has 0 spiro atoms. The van der Waals surface area contributed by atoms with Crippen molar-refractivity contribution in [1.29, 1.82) is 0 Å². The molecule has 0 aromatic heterocycles. The van der Waals surface area contributed by atoms with Gasteiger partial charge in [0.15, 0.2) is 11.5 Å². The van der Waals surface area contributed by atoms with E-state index in [0.29, 0.717) is 11.4 Å². The molecular weight excluding hydrogens is 627 g/mol. The van der Waals surface area contributed by atoms with Crippen LogP contribution in [0.2, 0.25) is 0 Å². The predicted molar refractivity (Wildman–Crippen MR) is 189 cm³/mol. The third-order valence-corrected chi connectivity index (χ3v) is 9.56. The number of aryl methyl sites for hydroxylation is 2. The Labute approximate surface area is 284 Å². The molecule has 10 heteroatoms. The van der Waals surface area contributed by atoms with E-state index in [-0.39, 0.29) is 29.5 Å². The topological polar surface area (TPSA) is 105 Å². The fourth-order valence-corrected chi connectivity index (χ4v) is 6.67. The predicted octanol–water partition coefficient (Wildman–Crippen LogP) is 6.07. The van der Waals surface area contributed by atoms with Crippen LogP contribution in [0.15, 0.2) is 102 Å². The monoisotopic (exact) mass is 671 g/mol. The zero-order valence-corrected chi connectivity index (χ0v) is 29.5. The third-order valence-electron chi connectivity index (χ3n) is 7.79. The Morgan fingerprint density at radius 1 is 0.771 bits per heavy atom. The van der Waals surface area contributed by atoms with Crippen LogP contribution in [0.3, 0.4) is 0 Å². The number of hydrogen-bond donors (Lipinski definition) is 1. The fraction of sp³-hybridized carbons (Fsp3) is 0.316. The van der Waals surface area contributed by atoms with Crippen LogP contribution in [0.1, 0.15) is 43.0 Å². The summed E-state index contributed by atoms with van der Waals surface area (Å²) in [7, 11) is -1.43. The molecule has 1 atom stereocenters. The summed E-state index contributed by atoms with van der Waals surface area (Å²) in [4.78, 5) is 30.1. The zero-order valence-electron chi connectivity index (χ0n) is 28.7. The van der Waals surface area contributed by atoms with E-state index in [1.165, 1.54) is 37.3 Å². The number of carbonyl (C=O) groups is 2. The van der Waals surface area contributed by atoms with Gasteiger partial charge in [-0.25, -0.2) is 8.42 Å². The molecule has 0 aliphatic heterocycles. The Balaban J connectivity index is 1.83. The van der Waals surface area contributed by atoms with Crippen LogP contribution in [0.5, 0.6) is 11.5 Å². The summed E-state index contributed by atoms with van der Waals surface area (Å²) in [6, 6.07) is 27.5. The molecule has 4 aromatic carbocycles. The Bertz CT molecular complexity index is 1800. The molecular formula is C38H45N3O6S. The summed E-state index contributed by atoms with van der Waals surface area (Å²) < 4.78 is 40.6. The number of amides is 2. The molecule has 0 saturated heterocycles. The van der Waals surface area contributed by atoms with Gasteiger partial charge in [0.2, 0.25) is 11.8 Å². The number of methoxy groups -OCH3 is 2. The van der Waals surface area contributed by atoms with Gasteiger partial charge in [0.1, 0.15) is 12.6 Å². The molecule has 0 saturated carbocycles. The van der Waals surface area contributed by atoms with Gasteiger partial charge in [0.05, 0.1) is 24.8 Å². The number of anilines is 1. The number of carbonyl (C=O) groups excluding carboxylic acids is 2. The normalized spacial score (nSPS) is 12.1. The van der Waals surface area contributed by atoms with Crippen molar-refractivity contribution in [3.63, 3.8) is 0 Å². The van der Waals surface area contributed by atoms with Gasteiger partial charge in [-0.3, -0.25) is 13.9 Å². The molecule has 4 rings (SSSR count). The first-order valence-electron chi connectivity index (χ1n) is 15.7. The molecule has 1 unspecified atom stereocenters. The minimum absolute atomic E-state index is 0.0788. The first-order valence-corrected chi connectivity index (χ1v) is 17.2. The van der Waals surface area contributed by atoms with Crippen LogP contribution in [0, 0.1) is 13.8 Å². The number of ether oxygens (including phenoxy) is 2.